The van der Waals surface area contributed by atoms with Gasteiger partial charge in [-0.3, -0.25) is 4.21 Å². The van der Waals surface area contributed by atoms with E-state index >= 15 is 0 Å². The number of hydrogen-bond donors (Lipinski definition) is 0. The fourth-order valence-corrected chi connectivity index (χ4v) is 4.79. The number of carboxylic acids is 1. The topological polar surface area (TPSA) is 57.2 Å². The molecule has 31 heavy (non-hydrogen) atoms. The zero-order valence-corrected chi connectivity index (χ0v) is 23.1. The molecule has 1 unspecified atom stereocenters. The van der Waals surface area contributed by atoms with Gasteiger partial charge in [0.15, 0.2) is 0 Å². The van der Waals surface area contributed by atoms with Crippen molar-refractivity contribution in [3.63, 3.8) is 0 Å². The van der Waals surface area contributed by atoms with Crippen molar-refractivity contribution in [1.29, 1.82) is 0 Å². The predicted octanol–water partition coefficient (Wildman–Crippen LogP) is 6.19. The maximum atomic E-state index is 11.1. The van der Waals surface area contributed by atoms with Gasteiger partial charge in [0.05, 0.1) is 22.5 Å². The fourth-order valence-electron chi connectivity index (χ4n) is 3.94. The molecular formula is C26H43O3SSn-. The van der Waals surface area contributed by atoms with Crippen molar-refractivity contribution >= 4 is 40.7 Å². The molecule has 3 saturated carbocycles. The van der Waals surface area contributed by atoms with E-state index in [0.29, 0.717) is 4.90 Å². The molecule has 0 heterocycles. The summed E-state index contributed by atoms with van der Waals surface area (Å²) >= 11 is 0. The number of carbonyl (C=O) groups is 1. The van der Waals surface area contributed by atoms with E-state index in [1.54, 1.807) is 30.3 Å². The second-order valence-corrected chi connectivity index (χ2v) is 9.99. The summed E-state index contributed by atoms with van der Waals surface area (Å²) in [5.41, 5.74) is 0. The monoisotopic (exact) mass is 555 g/mol. The van der Waals surface area contributed by atoms with Crippen LogP contribution in [0.3, 0.4) is 0 Å². The minimum absolute atomic E-state index is 0. The average molecular weight is 554 g/mol. The molecule has 0 aromatic heterocycles. The van der Waals surface area contributed by atoms with Crippen LogP contribution in [-0.4, -0.2) is 39.8 Å². The van der Waals surface area contributed by atoms with Gasteiger partial charge in [0.2, 0.25) is 0 Å². The third-order valence-corrected chi connectivity index (χ3v) is 7.05. The Balaban J connectivity index is 0.000000405. The van der Waals surface area contributed by atoms with E-state index in [2.05, 4.69) is 0 Å². The second-order valence-electron chi connectivity index (χ2n) is 8.54. The van der Waals surface area contributed by atoms with Gasteiger partial charge in [0, 0.05) is 28.8 Å². The summed E-state index contributed by atoms with van der Waals surface area (Å²) in [6.07, 6.45) is 27.0. The number of aliphatic carboxylic acids is 1. The van der Waals surface area contributed by atoms with Crippen LogP contribution in [0.15, 0.2) is 35.2 Å². The number of benzene rings is 1. The molecule has 0 spiro atoms. The van der Waals surface area contributed by atoms with Crippen molar-refractivity contribution in [1.82, 2.24) is 0 Å². The van der Waals surface area contributed by atoms with E-state index in [9.17, 15) is 14.1 Å². The van der Waals surface area contributed by atoms with Crippen molar-refractivity contribution in [2.75, 3.05) is 5.75 Å². The largest absolute Gasteiger partial charge is 0.549 e. The van der Waals surface area contributed by atoms with Crippen LogP contribution in [0.4, 0.5) is 0 Å². The van der Waals surface area contributed by atoms with Crippen LogP contribution in [-0.2, 0) is 15.6 Å². The number of rotatable bonds is 3. The van der Waals surface area contributed by atoms with E-state index in [0.717, 1.165) is 0 Å². The van der Waals surface area contributed by atoms with Gasteiger partial charge in [0.1, 0.15) is 0 Å². The number of carboxylic acid groups (broad SMARTS) is 1. The van der Waals surface area contributed by atoms with Crippen LogP contribution < -0.4 is 5.11 Å². The SMILES string of the molecule is C1CCCCC1.C1CCCCC1.C1CCCCC1.O=C([O-])CS(=O)c1ccccc1.[Sn]. The van der Waals surface area contributed by atoms with Crippen LogP contribution in [0.5, 0.6) is 0 Å². The summed E-state index contributed by atoms with van der Waals surface area (Å²) in [6, 6.07) is 8.45. The molecule has 3 aliphatic carbocycles. The maximum Gasteiger partial charge on any atom is 0.0678 e. The second kappa shape index (κ2) is 22.8. The third-order valence-electron chi connectivity index (χ3n) is 5.76. The Kier molecular flexibility index (Phi) is 22.6. The van der Waals surface area contributed by atoms with Gasteiger partial charge in [0.25, 0.3) is 0 Å². The molecule has 0 bridgehead atoms. The van der Waals surface area contributed by atoms with Crippen molar-refractivity contribution in [3.8, 4) is 0 Å². The molecule has 3 nitrogen and oxygen atoms in total. The van der Waals surface area contributed by atoms with Gasteiger partial charge in [-0.05, 0) is 12.1 Å². The standard InChI is InChI=1S/C8H8O3S.3C6H12.Sn/c9-8(10)6-12(11)7-4-2-1-3-5-7;3*1-2-4-6-5-3-1;/h1-5H,6H2,(H,9,10);3*1-6H2;/p-1. The summed E-state index contributed by atoms with van der Waals surface area (Å²) in [4.78, 5) is 10.6. The van der Waals surface area contributed by atoms with Crippen molar-refractivity contribution in [2.24, 2.45) is 0 Å². The van der Waals surface area contributed by atoms with Crippen LogP contribution in [0.2, 0.25) is 0 Å². The van der Waals surface area contributed by atoms with Crippen LogP contribution >= 0.6 is 0 Å². The van der Waals surface area contributed by atoms with Crippen LogP contribution in [0, 0.1) is 0 Å². The minimum atomic E-state index is -1.48. The van der Waals surface area contributed by atoms with Crippen LogP contribution in [0.25, 0.3) is 0 Å². The predicted molar refractivity (Wildman–Crippen MR) is 132 cm³/mol. The molecule has 1 atom stereocenters. The first kappa shape index (κ1) is 30.6. The van der Waals surface area contributed by atoms with Gasteiger partial charge in [-0.15, -0.1) is 0 Å². The minimum Gasteiger partial charge on any atom is -0.549 e. The Morgan fingerprint density at radius 2 is 0.871 bits per heavy atom. The first-order valence-electron chi connectivity index (χ1n) is 12.3. The first-order valence-corrected chi connectivity index (χ1v) is 13.7. The first-order chi connectivity index (χ1) is 14.7. The van der Waals surface area contributed by atoms with Crippen molar-refractivity contribution in [2.45, 2.75) is 120 Å². The van der Waals surface area contributed by atoms with Gasteiger partial charge >= 0.3 is 0 Å². The van der Waals surface area contributed by atoms with E-state index < -0.39 is 22.5 Å². The molecule has 0 saturated heterocycles. The molecule has 4 radical (unpaired) electrons. The van der Waals surface area contributed by atoms with Crippen molar-refractivity contribution < 1.29 is 14.1 Å². The van der Waals surface area contributed by atoms with Gasteiger partial charge < -0.3 is 9.90 Å². The summed E-state index contributed by atoms with van der Waals surface area (Å²) < 4.78 is 11.1. The third kappa shape index (κ3) is 20.0. The van der Waals surface area contributed by atoms with Gasteiger partial charge in [-0.25, -0.2) is 0 Å². The van der Waals surface area contributed by atoms with E-state index in [1.807, 2.05) is 0 Å². The summed E-state index contributed by atoms with van der Waals surface area (Å²) in [6.45, 7) is 0. The normalized spacial score (nSPS) is 18.7. The van der Waals surface area contributed by atoms with E-state index in [1.165, 1.54) is 116 Å². The molecule has 1 aromatic carbocycles. The fraction of sp³-hybridized carbons (Fsp3) is 0.731. The Hall–Kier alpha value is -0.361. The Morgan fingerprint density at radius 3 is 1.10 bits per heavy atom. The molecule has 3 fully saturated rings. The zero-order valence-electron chi connectivity index (χ0n) is 19.5. The van der Waals surface area contributed by atoms with Crippen molar-refractivity contribution in [3.05, 3.63) is 30.3 Å². The average Bonchev–Trinajstić information content (AvgIpc) is 2.84. The number of carbonyl (C=O) groups excluding carboxylic acids is 1. The smallest absolute Gasteiger partial charge is 0.0678 e. The molecule has 3 aliphatic rings. The molecule has 0 amide bonds. The van der Waals surface area contributed by atoms with Gasteiger partial charge in [-0.1, -0.05) is 134 Å². The molecular weight excluding hydrogens is 511 g/mol. The summed E-state index contributed by atoms with van der Waals surface area (Å²) in [5, 5.41) is 10.1. The molecule has 0 N–H and O–H groups in total. The summed E-state index contributed by atoms with van der Waals surface area (Å²) in [7, 11) is -1.48. The molecule has 176 valence electrons. The van der Waals surface area contributed by atoms with Crippen LogP contribution in [0.1, 0.15) is 116 Å². The van der Waals surface area contributed by atoms with E-state index in [4.69, 9.17) is 0 Å². The summed E-state index contributed by atoms with van der Waals surface area (Å²) in [5.74, 6) is -1.73. The molecule has 1 aromatic rings. The van der Waals surface area contributed by atoms with Gasteiger partial charge in [-0.2, -0.15) is 0 Å². The quantitative estimate of drug-likeness (QED) is 0.419. The van der Waals surface area contributed by atoms with E-state index in [-0.39, 0.29) is 23.9 Å². The Morgan fingerprint density at radius 1 is 0.613 bits per heavy atom. The Labute approximate surface area is 210 Å². The molecule has 4 rings (SSSR count). The molecule has 0 aliphatic heterocycles. The maximum absolute atomic E-state index is 11.1. The number of hydrogen-bond acceptors (Lipinski definition) is 3. The Bertz CT molecular complexity index is 476. The molecule has 5 heteroatoms. The zero-order chi connectivity index (χ0) is 21.7.